The maximum Gasteiger partial charge on any atom is 0.394 e. The number of hydrogen-bond donors (Lipinski definition) is 2. The van der Waals surface area contributed by atoms with Crippen LogP contribution in [0.4, 0.5) is 0 Å². The van der Waals surface area contributed by atoms with Gasteiger partial charge in [-0.3, -0.25) is 14.0 Å². The van der Waals surface area contributed by atoms with Gasteiger partial charge in [-0.1, -0.05) is 6.08 Å². The monoisotopic (exact) mass is 275 g/mol. The molecule has 0 saturated heterocycles. The highest BCUT2D eigenvalue weighted by molar-refractivity contribution is 7.79. The third kappa shape index (κ3) is 6.43. The SMILES string of the molecule is CC1=CC(N(C)C)C(C)=CC1=[N+]=[N-].O=S(=O)(O)O. The predicted molar refractivity (Wildman–Crippen MR) is 67.8 cm³/mol. The molecule has 0 aliphatic heterocycles. The molecule has 2 N–H and O–H groups in total. The van der Waals surface area contributed by atoms with Gasteiger partial charge in [0.05, 0.1) is 0 Å². The molecule has 0 spiro atoms. The Kier molecular flexibility index (Phi) is 6.10. The molecule has 8 heteroatoms. The molecule has 0 aromatic heterocycles. The topological polar surface area (TPSA) is 114 Å². The van der Waals surface area contributed by atoms with Gasteiger partial charge in [0, 0.05) is 17.7 Å². The average Bonchev–Trinajstić information content (AvgIpc) is 2.18. The lowest BCUT2D eigenvalue weighted by Crippen LogP contribution is -2.30. The van der Waals surface area contributed by atoms with E-state index in [1.165, 1.54) is 5.57 Å². The van der Waals surface area contributed by atoms with E-state index in [2.05, 4.69) is 15.8 Å². The van der Waals surface area contributed by atoms with Gasteiger partial charge in [-0.15, -0.1) is 0 Å². The van der Waals surface area contributed by atoms with E-state index in [9.17, 15) is 0 Å². The second kappa shape index (κ2) is 6.58. The Labute approximate surface area is 107 Å². The molecule has 0 saturated carbocycles. The van der Waals surface area contributed by atoms with Crippen molar-refractivity contribution in [3.8, 4) is 0 Å². The van der Waals surface area contributed by atoms with Gasteiger partial charge in [-0.2, -0.15) is 13.2 Å². The fourth-order valence-electron chi connectivity index (χ4n) is 1.53. The molecular formula is C10H17N3O4S. The molecule has 102 valence electrons. The summed E-state index contributed by atoms with van der Waals surface area (Å²) in [6.07, 6.45) is 4.02. The van der Waals surface area contributed by atoms with E-state index in [0.29, 0.717) is 11.8 Å². The molecule has 0 bridgehead atoms. The van der Waals surface area contributed by atoms with Crippen LogP contribution < -0.4 is 0 Å². The number of hydrogen-bond acceptors (Lipinski definition) is 3. The minimum Gasteiger partial charge on any atom is -0.361 e. The van der Waals surface area contributed by atoms with Crippen LogP contribution in [0.15, 0.2) is 23.3 Å². The highest BCUT2D eigenvalue weighted by Crippen LogP contribution is 2.17. The van der Waals surface area contributed by atoms with Crippen LogP contribution in [0.3, 0.4) is 0 Å². The Bertz CT molecular complexity index is 505. The number of likely N-dealkylation sites (N-methyl/N-ethyl adjacent to an activating group) is 1. The molecule has 1 unspecified atom stereocenters. The number of nitrogens with zero attached hydrogens (tertiary/aromatic N) is 3. The Morgan fingerprint density at radius 3 is 2.11 bits per heavy atom. The fraction of sp³-hybridized carbons (Fsp3) is 0.500. The molecular weight excluding hydrogens is 258 g/mol. The van der Waals surface area contributed by atoms with E-state index in [4.69, 9.17) is 23.1 Å². The summed E-state index contributed by atoms with van der Waals surface area (Å²) in [5.74, 6) is 0. The van der Waals surface area contributed by atoms with Gasteiger partial charge in [-0.05, 0) is 33.5 Å². The molecule has 7 nitrogen and oxygen atoms in total. The van der Waals surface area contributed by atoms with Crippen LogP contribution in [0.5, 0.6) is 0 Å². The van der Waals surface area contributed by atoms with Gasteiger partial charge in [0.2, 0.25) is 0 Å². The quantitative estimate of drug-likeness (QED) is 0.418. The molecule has 1 aliphatic rings. The van der Waals surface area contributed by atoms with Gasteiger partial charge in [0.15, 0.2) is 0 Å². The summed E-state index contributed by atoms with van der Waals surface area (Å²) in [6.45, 7) is 3.99. The summed E-state index contributed by atoms with van der Waals surface area (Å²) < 4.78 is 31.6. The fourth-order valence-corrected chi connectivity index (χ4v) is 1.53. The predicted octanol–water partition coefficient (Wildman–Crippen LogP) is 0.841. The normalized spacial score (nSPS) is 19.5. The van der Waals surface area contributed by atoms with Crippen molar-refractivity contribution in [1.82, 2.24) is 4.90 Å². The van der Waals surface area contributed by atoms with Crippen molar-refractivity contribution in [2.75, 3.05) is 14.1 Å². The zero-order chi connectivity index (χ0) is 14.5. The van der Waals surface area contributed by atoms with Crippen molar-refractivity contribution in [3.63, 3.8) is 0 Å². The van der Waals surface area contributed by atoms with Crippen molar-refractivity contribution in [2.45, 2.75) is 19.9 Å². The van der Waals surface area contributed by atoms with Crippen LogP contribution in [0, 0.1) is 0 Å². The Balaban J connectivity index is 0.000000494. The maximum absolute atomic E-state index is 8.74. The van der Waals surface area contributed by atoms with E-state index in [-0.39, 0.29) is 0 Å². The first-order chi connectivity index (χ1) is 8.06. The number of allylic oxidation sites excluding steroid dienone is 2. The highest BCUT2D eigenvalue weighted by Gasteiger charge is 2.21. The Morgan fingerprint density at radius 2 is 1.78 bits per heavy atom. The standard InChI is InChI=1S/C10H15N3.H2O4S/c1-7-6-10(13(3)4)8(2)5-9(7)12-11;1-5(2,3)4/h5-6,10H,1-4H3;(H2,1,2,3,4). The smallest absolute Gasteiger partial charge is 0.361 e. The minimum absolute atomic E-state index is 0.325. The molecule has 0 amide bonds. The van der Waals surface area contributed by atoms with E-state index in [1.54, 1.807) is 0 Å². The molecule has 0 heterocycles. The summed E-state index contributed by atoms with van der Waals surface area (Å²) in [7, 11) is -0.597. The largest absolute Gasteiger partial charge is 0.394 e. The lowest BCUT2D eigenvalue weighted by Gasteiger charge is -2.24. The van der Waals surface area contributed by atoms with Crippen LogP contribution in [0.2, 0.25) is 0 Å². The summed E-state index contributed by atoms with van der Waals surface area (Å²) in [4.78, 5) is 5.35. The summed E-state index contributed by atoms with van der Waals surface area (Å²) in [5, 5.41) is 0. The summed E-state index contributed by atoms with van der Waals surface area (Å²) in [5.41, 5.74) is 11.6. The van der Waals surface area contributed by atoms with Crippen molar-refractivity contribution in [2.24, 2.45) is 0 Å². The molecule has 0 aromatic carbocycles. The van der Waals surface area contributed by atoms with Crippen LogP contribution in [-0.4, -0.2) is 53.1 Å². The lowest BCUT2D eigenvalue weighted by molar-refractivity contribution is -0.00281. The Morgan fingerprint density at radius 1 is 1.33 bits per heavy atom. The van der Waals surface area contributed by atoms with Gasteiger partial charge >= 0.3 is 16.1 Å². The van der Waals surface area contributed by atoms with Gasteiger partial charge < -0.3 is 5.53 Å². The van der Waals surface area contributed by atoms with E-state index in [0.717, 1.165) is 5.57 Å². The van der Waals surface area contributed by atoms with Gasteiger partial charge in [0.1, 0.15) is 0 Å². The summed E-state index contributed by atoms with van der Waals surface area (Å²) >= 11 is 0. The van der Waals surface area contributed by atoms with Crippen molar-refractivity contribution < 1.29 is 22.3 Å². The molecule has 0 fully saturated rings. The van der Waals surface area contributed by atoms with Crippen molar-refractivity contribution >= 4 is 16.1 Å². The number of rotatable bonds is 1. The first-order valence-electron chi connectivity index (χ1n) is 5.01. The van der Waals surface area contributed by atoms with Crippen LogP contribution in [0.1, 0.15) is 13.8 Å². The van der Waals surface area contributed by atoms with E-state index in [1.807, 2.05) is 34.0 Å². The van der Waals surface area contributed by atoms with Gasteiger partial charge in [-0.25, -0.2) is 0 Å². The second-order valence-electron chi connectivity index (χ2n) is 4.08. The van der Waals surface area contributed by atoms with Crippen LogP contribution in [-0.2, 0) is 10.4 Å². The summed E-state index contributed by atoms with van der Waals surface area (Å²) in [6, 6.07) is 0.325. The molecule has 1 atom stereocenters. The van der Waals surface area contributed by atoms with Crippen molar-refractivity contribution in [1.29, 1.82) is 0 Å². The first-order valence-corrected chi connectivity index (χ1v) is 6.41. The third-order valence-electron chi connectivity index (χ3n) is 2.31. The van der Waals surface area contributed by atoms with Crippen LogP contribution >= 0.6 is 0 Å². The van der Waals surface area contributed by atoms with Gasteiger partial charge in [0.25, 0.3) is 0 Å². The highest BCUT2D eigenvalue weighted by atomic mass is 32.3. The maximum atomic E-state index is 8.74. The molecule has 18 heavy (non-hydrogen) atoms. The third-order valence-corrected chi connectivity index (χ3v) is 2.31. The zero-order valence-corrected chi connectivity index (χ0v) is 11.5. The molecule has 0 radical (unpaired) electrons. The van der Waals surface area contributed by atoms with E-state index >= 15 is 0 Å². The van der Waals surface area contributed by atoms with E-state index < -0.39 is 10.4 Å². The van der Waals surface area contributed by atoms with Crippen molar-refractivity contribution in [3.05, 3.63) is 28.8 Å². The molecule has 0 aromatic rings. The second-order valence-corrected chi connectivity index (χ2v) is 4.98. The lowest BCUT2D eigenvalue weighted by atomic mass is 9.95. The minimum atomic E-state index is -4.67. The Hall–Kier alpha value is -1.31. The zero-order valence-electron chi connectivity index (χ0n) is 10.7. The van der Waals surface area contributed by atoms with Crippen LogP contribution in [0.25, 0.3) is 5.53 Å². The first kappa shape index (κ1) is 16.7. The average molecular weight is 275 g/mol. The molecule has 1 rings (SSSR count). The molecule has 1 aliphatic carbocycles.